The van der Waals surface area contributed by atoms with E-state index in [1.54, 1.807) is 7.11 Å². The molecular weight excluding hydrogens is 272 g/mol. The van der Waals surface area contributed by atoms with Gasteiger partial charge < -0.3 is 15.1 Å². The van der Waals surface area contributed by atoms with Crippen LogP contribution in [0.4, 0.5) is 0 Å². The van der Waals surface area contributed by atoms with Crippen LogP contribution >= 0.6 is 0 Å². The molecule has 0 fully saturated rings. The topological polar surface area (TPSA) is 92.0 Å². The lowest BCUT2D eigenvalue weighted by molar-refractivity contribution is 0.0696. The monoisotopic (exact) mass is 286 g/mol. The lowest BCUT2D eigenvalue weighted by Gasteiger charge is -2.07. The Morgan fingerprint density at radius 1 is 1.33 bits per heavy atom. The van der Waals surface area contributed by atoms with Crippen molar-refractivity contribution in [2.45, 2.75) is 6.42 Å². The highest BCUT2D eigenvalue weighted by atomic mass is 16.5. The molecule has 0 aliphatic heterocycles. The van der Waals surface area contributed by atoms with Crippen molar-refractivity contribution in [2.24, 2.45) is 5.16 Å². The van der Waals surface area contributed by atoms with Gasteiger partial charge >= 0.3 is 5.97 Å². The lowest BCUT2D eigenvalue weighted by Crippen LogP contribution is -2.09. The molecule has 0 aliphatic rings. The maximum Gasteiger partial charge on any atom is 0.335 e. The quantitative estimate of drug-likeness (QED) is 0.499. The molecule has 1 aromatic heterocycles. The zero-order valence-electron chi connectivity index (χ0n) is 11.4. The van der Waals surface area contributed by atoms with Crippen LogP contribution in [0, 0.1) is 0 Å². The fourth-order valence-electron chi connectivity index (χ4n) is 1.87. The first-order valence-corrected chi connectivity index (χ1v) is 6.17. The molecule has 2 aromatic rings. The first kappa shape index (κ1) is 14.5. The Labute approximate surface area is 121 Å². The second-order valence-corrected chi connectivity index (χ2v) is 4.31. The Morgan fingerprint density at radius 3 is 2.81 bits per heavy atom. The normalized spacial score (nSPS) is 11.2. The molecule has 6 nitrogen and oxygen atoms in total. The molecule has 0 unspecified atom stereocenters. The molecule has 6 heteroatoms. The molecule has 21 heavy (non-hydrogen) atoms. The van der Waals surface area contributed by atoms with E-state index in [1.165, 1.54) is 18.3 Å². The van der Waals surface area contributed by atoms with Crippen LogP contribution in [0.5, 0.6) is 5.75 Å². The maximum absolute atomic E-state index is 11.0. The number of carbonyl (C=O) groups is 1. The van der Waals surface area contributed by atoms with Gasteiger partial charge in [-0.2, -0.15) is 0 Å². The first-order valence-electron chi connectivity index (χ1n) is 6.17. The number of methoxy groups -OCH3 is 1. The summed E-state index contributed by atoms with van der Waals surface area (Å²) in [6, 6.07) is 10.1. The Morgan fingerprint density at radius 2 is 2.14 bits per heavy atom. The van der Waals surface area contributed by atoms with Crippen molar-refractivity contribution in [1.82, 2.24) is 4.98 Å². The fraction of sp³-hybridized carbons (Fsp3) is 0.133. The van der Waals surface area contributed by atoms with Crippen LogP contribution in [0.3, 0.4) is 0 Å². The van der Waals surface area contributed by atoms with Crippen LogP contribution in [-0.2, 0) is 6.42 Å². The largest absolute Gasteiger partial charge is 0.497 e. The van der Waals surface area contributed by atoms with E-state index in [1.807, 2.05) is 24.3 Å². The zero-order chi connectivity index (χ0) is 15.2. The average molecular weight is 286 g/mol. The molecule has 1 aromatic carbocycles. The number of aromatic carboxylic acids is 1. The SMILES string of the molecule is COc1cccc(C/C(=N\O)c2cc(C(=O)O)ccn2)c1. The van der Waals surface area contributed by atoms with Gasteiger partial charge in [0.2, 0.25) is 0 Å². The number of hydrogen-bond donors (Lipinski definition) is 2. The number of pyridine rings is 1. The van der Waals surface area contributed by atoms with E-state index < -0.39 is 5.97 Å². The molecule has 0 saturated heterocycles. The fourth-order valence-corrected chi connectivity index (χ4v) is 1.87. The second-order valence-electron chi connectivity index (χ2n) is 4.31. The molecule has 0 bridgehead atoms. The molecule has 0 saturated carbocycles. The smallest absolute Gasteiger partial charge is 0.335 e. The van der Waals surface area contributed by atoms with Gasteiger partial charge in [0.15, 0.2) is 0 Å². The summed E-state index contributed by atoms with van der Waals surface area (Å²) in [5.41, 5.74) is 1.56. The van der Waals surface area contributed by atoms with Crippen LogP contribution in [0.25, 0.3) is 0 Å². The molecule has 0 amide bonds. The van der Waals surface area contributed by atoms with E-state index in [9.17, 15) is 4.79 Å². The van der Waals surface area contributed by atoms with Gasteiger partial charge in [0.05, 0.1) is 18.4 Å². The highest BCUT2D eigenvalue weighted by molar-refractivity contribution is 6.01. The van der Waals surface area contributed by atoms with Gasteiger partial charge in [-0.05, 0) is 29.8 Å². The van der Waals surface area contributed by atoms with Gasteiger partial charge in [0.1, 0.15) is 11.5 Å². The standard InChI is InChI=1S/C15H14N2O4/c1-21-12-4-2-3-10(7-12)8-14(17-20)13-9-11(15(18)19)5-6-16-13/h2-7,9,20H,8H2,1H3,(H,18,19)/b17-14+. The minimum absolute atomic E-state index is 0.0896. The third-order valence-corrected chi connectivity index (χ3v) is 2.93. The summed E-state index contributed by atoms with van der Waals surface area (Å²) < 4.78 is 5.13. The summed E-state index contributed by atoms with van der Waals surface area (Å²) in [4.78, 5) is 15.0. The van der Waals surface area contributed by atoms with Crippen molar-refractivity contribution in [3.05, 3.63) is 59.4 Å². The molecule has 108 valence electrons. The van der Waals surface area contributed by atoms with E-state index in [0.29, 0.717) is 17.9 Å². The molecule has 1 heterocycles. The van der Waals surface area contributed by atoms with Crippen molar-refractivity contribution in [3.63, 3.8) is 0 Å². The van der Waals surface area contributed by atoms with Crippen LogP contribution in [0.15, 0.2) is 47.8 Å². The predicted molar refractivity (Wildman–Crippen MR) is 76.2 cm³/mol. The zero-order valence-corrected chi connectivity index (χ0v) is 11.4. The highest BCUT2D eigenvalue weighted by Crippen LogP contribution is 2.15. The third kappa shape index (κ3) is 3.56. The van der Waals surface area contributed by atoms with Crippen molar-refractivity contribution in [2.75, 3.05) is 7.11 Å². The molecule has 0 atom stereocenters. The lowest BCUT2D eigenvalue weighted by atomic mass is 10.0. The number of aromatic nitrogens is 1. The number of rotatable bonds is 5. The molecule has 2 N–H and O–H groups in total. The van der Waals surface area contributed by atoms with E-state index in [-0.39, 0.29) is 11.3 Å². The van der Waals surface area contributed by atoms with Crippen molar-refractivity contribution < 1.29 is 19.8 Å². The van der Waals surface area contributed by atoms with Crippen molar-refractivity contribution in [1.29, 1.82) is 0 Å². The first-order chi connectivity index (χ1) is 10.1. The van der Waals surface area contributed by atoms with Crippen LogP contribution < -0.4 is 4.74 Å². The number of carboxylic acid groups (broad SMARTS) is 1. The van der Waals surface area contributed by atoms with E-state index in [0.717, 1.165) is 5.56 Å². The summed E-state index contributed by atoms with van der Waals surface area (Å²) in [5.74, 6) is -0.366. The molecular formula is C15H14N2O4. The highest BCUT2D eigenvalue weighted by Gasteiger charge is 2.11. The molecule has 2 rings (SSSR count). The Bertz CT molecular complexity index is 683. The Kier molecular flexibility index (Phi) is 4.50. The summed E-state index contributed by atoms with van der Waals surface area (Å²) >= 11 is 0. The predicted octanol–water partition coefficient (Wildman–Crippen LogP) is 2.21. The maximum atomic E-state index is 11.0. The van der Waals surface area contributed by atoms with Crippen LogP contribution in [0.1, 0.15) is 21.6 Å². The Balaban J connectivity index is 2.28. The van der Waals surface area contributed by atoms with Gasteiger partial charge in [-0.15, -0.1) is 0 Å². The van der Waals surface area contributed by atoms with Gasteiger partial charge in [-0.3, -0.25) is 4.98 Å². The minimum Gasteiger partial charge on any atom is -0.497 e. The van der Waals surface area contributed by atoms with Gasteiger partial charge in [0, 0.05) is 12.6 Å². The van der Waals surface area contributed by atoms with Gasteiger partial charge in [0.25, 0.3) is 0 Å². The van der Waals surface area contributed by atoms with Crippen molar-refractivity contribution >= 4 is 11.7 Å². The number of oxime groups is 1. The number of benzene rings is 1. The van der Waals surface area contributed by atoms with E-state index in [4.69, 9.17) is 15.1 Å². The number of nitrogens with zero attached hydrogens (tertiary/aromatic N) is 2. The summed E-state index contributed by atoms with van der Waals surface area (Å²) in [6.45, 7) is 0. The van der Waals surface area contributed by atoms with Gasteiger partial charge in [-0.25, -0.2) is 4.79 Å². The van der Waals surface area contributed by atoms with Crippen LogP contribution in [0.2, 0.25) is 0 Å². The third-order valence-electron chi connectivity index (χ3n) is 2.93. The summed E-state index contributed by atoms with van der Waals surface area (Å²) in [5, 5.41) is 21.4. The Hall–Kier alpha value is -2.89. The van der Waals surface area contributed by atoms with Crippen LogP contribution in [-0.4, -0.2) is 34.1 Å². The number of hydrogen-bond acceptors (Lipinski definition) is 5. The average Bonchev–Trinajstić information content (AvgIpc) is 2.53. The van der Waals surface area contributed by atoms with Crippen molar-refractivity contribution in [3.8, 4) is 5.75 Å². The van der Waals surface area contributed by atoms with E-state index in [2.05, 4.69) is 10.1 Å². The number of carboxylic acids is 1. The molecule has 0 aliphatic carbocycles. The van der Waals surface area contributed by atoms with E-state index >= 15 is 0 Å². The second kappa shape index (κ2) is 6.51. The number of ether oxygens (including phenoxy) is 1. The molecule has 0 radical (unpaired) electrons. The summed E-state index contributed by atoms with van der Waals surface area (Å²) in [7, 11) is 1.57. The summed E-state index contributed by atoms with van der Waals surface area (Å²) in [6.07, 6.45) is 1.68. The van der Waals surface area contributed by atoms with Gasteiger partial charge in [-0.1, -0.05) is 17.3 Å². The molecule has 0 spiro atoms. The minimum atomic E-state index is -1.06.